The summed E-state index contributed by atoms with van der Waals surface area (Å²) in [4.78, 5) is 24.6. The lowest BCUT2D eigenvalue weighted by molar-refractivity contribution is 0.168. The van der Waals surface area contributed by atoms with Crippen molar-refractivity contribution in [1.29, 1.82) is 0 Å². The Labute approximate surface area is 155 Å². The normalized spacial score (nSPS) is 10.7. The highest BCUT2D eigenvalue weighted by atomic mass is 32.2. The first-order valence-electron chi connectivity index (χ1n) is 8.25. The predicted molar refractivity (Wildman–Crippen MR) is 104 cm³/mol. The fourth-order valence-corrected chi connectivity index (χ4v) is 3.40. The number of fused-ring (bicyclic) bond motifs is 1. The molecule has 1 amide bonds. The Morgan fingerprint density at radius 2 is 1.92 bits per heavy atom. The molecule has 0 atom stereocenters. The van der Waals surface area contributed by atoms with Gasteiger partial charge in [-0.2, -0.15) is 0 Å². The summed E-state index contributed by atoms with van der Waals surface area (Å²) in [6.07, 6.45) is -0.541. The zero-order valence-electron chi connectivity index (χ0n) is 14.6. The highest BCUT2D eigenvalue weighted by Crippen LogP contribution is 2.28. The molecule has 1 aromatic heterocycles. The summed E-state index contributed by atoms with van der Waals surface area (Å²) in [5, 5.41) is 3.45. The van der Waals surface area contributed by atoms with E-state index in [1.165, 1.54) is 11.6 Å². The van der Waals surface area contributed by atoms with Crippen molar-refractivity contribution in [3.63, 3.8) is 0 Å². The predicted octanol–water partition coefficient (Wildman–Crippen LogP) is 4.96. The molecule has 0 aliphatic carbocycles. The number of hydrogen-bond acceptors (Lipinski definition) is 5. The fourth-order valence-electron chi connectivity index (χ4n) is 2.51. The second-order valence-corrected chi connectivity index (χ2v) is 6.80. The number of aryl methyl sites for hydroxylation is 1. The number of amides is 1. The maximum atomic E-state index is 11.9. The van der Waals surface area contributed by atoms with Crippen molar-refractivity contribution in [1.82, 2.24) is 0 Å². The van der Waals surface area contributed by atoms with E-state index in [1.807, 2.05) is 13.0 Å². The molecule has 134 valence electrons. The first-order valence-corrected chi connectivity index (χ1v) is 9.24. The van der Waals surface area contributed by atoms with E-state index in [-0.39, 0.29) is 6.61 Å². The lowest BCUT2D eigenvalue weighted by atomic mass is 10.1. The third kappa shape index (κ3) is 4.46. The maximum Gasteiger partial charge on any atom is 0.411 e. The molecule has 3 rings (SSSR count). The van der Waals surface area contributed by atoms with E-state index in [9.17, 15) is 9.59 Å². The summed E-state index contributed by atoms with van der Waals surface area (Å²) in [7, 11) is 0. The molecule has 0 aliphatic heterocycles. The Balaban J connectivity index is 1.84. The van der Waals surface area contributed by atoms with Crippen LogP contribution in [0.1, 0.15) is 18.1 Å². The van der Waals surface area contributed by atoms with Crippen LogP contribution < -0.4 is 10.9 Å². The summed E-state index contributed by atoms with van der Waals surface area (Å²) >= 11 is 1.66. The zero-order valence-corrected chi connectivity index (χ0v) is 15.4. The van der Waals surface area contributed by atoms with Gasteiger partial charge in [-0.05, 0) is 43.7 Å². The molecule has 0 unspecified atom stereocenters. The molecule has 0 spiro atoms. The molecule has 0 saturated carbocycles. The van der Waals surface area contributed by atoms with E-state index in [1.54, 1.807) is 30.8 Å². The highest BCUT2D eigenvalue weighted by Gasteiger charge is 2.09. The fraction of sp³-hybridized carbons (Fsp3) is 0.200. The van der Waals surface area contributed by atoms with Crippen LogP contribution in [0.5, 0.6) is 0 Å². The van der Waals surface area contributed by atoms with E-state index in [0.29, 0.717) is 17.0 Å². The summed E-state index contributed by atoms with van der Waals surface area (Å²) < 4.78 is 10.2. The van der Waals surface area contributed by atoms with E-state index in [4.69, 9.17) is 9.15 Å². The molecule has 0 bridgehead atoms. The number of carbonyl (C=O) groups is 1. The summed E-state index contributed by atoms with van der Waals surface area (Å²) in [6.45, 7) is 4.07. The van der Waals surface area contributed by atoms with Crippen LogP contribution in [0.4, 0.5) is 10.5 Å². The lowest BCUT2D eigenvalue weighted by Gasteiger charge is -2.08. The number of thioether (sulfide) groups is 1. The van der Waals surface area contributed by atoms with Crippen molar-refractivity contribution in [2.45, 2.75) is 24.5 Å². The zero-order chi connectivity index (χ0) is 18.5. The Morgan fingerprint density at radius 3 is 2.65 bits per heavy atom. The van der Waals surface area contributed by atoms with Crippen molar-refractivity contribution < 1.29 is 13.9 Å². The molecule has 6 heteroatoms. The first-order chi connectivity index (χ1) is 12.5. The Bertz CT molecular complexity index is 979. The Morgan fingerprint density at radius 1 is 1.15 bits per heavy atom. The average molecular weight is 369 g/mol. The molecule has 26 heavy (non-hydrogen) atoms. The summed E-state index contributed by atoms with van der Waals surface area (Å²) in [5.41, 5.74) is 2.64. The lowest BCUT2D eigenvalue weighted by Crippen LogP contribution is -2.13. The number of anilines is 1. The molecular formula is C20H19NO4S. The monoisotopic (exact) mass is 369 g/mol. The van der Waals surface area contributed by atoms with E-state index in [2.05, 4.69) is 29.6 Å². The van der Waals surface area contributed by atoms with E-state index < -0.39 is 11.7 Å². The molecule has 0 saturated heterocycles. The Kier molecular flexibility index (Phi) is 5.63. The molecule has 1 heterocycles. The van der Waals surface area contributed by atoms with Gasteiger partial charge in [0.1, 0.15) is 5.58 Å². The van der Waals surface area contributed by atoms with Gasteiger partial charge < -0.3 is 9.15 Å². The van der Waals surface area contributed by atoms with E-state index >= 15 is 0 Å². The van der Waals surface area contributed by atoms with Gasteiger partial charge in [-0.1, -0.05) is 17.7 Å². The number of rotatable bonds is 5. The van der Waals surface area contributed by atoms with Gasteiger partial charge in [0.25, 0.3) is 0 Å². The average Bonchev–Trinajstić information content (AvgIpc) is 2.60. The van der Waals surface area contributed by atoms with Gasteiger partial charge in [-0.15, -0.1) is 11.8 Å². The number of carbonyl (C=O) groups excluding carboxylic acids is 1. The van der Waals surface area contributed by atoms with E-state index in [0.717, 1.165) is 15.8 Å². The quantitative estimate of drug-likeness (QED) is 0.508. The molecule has 2 aromatic carbocycles. The maximum absolute atomic E-state index is 11.9. The van der Waals surface area contributed by atoms with Gasteiger partial charge in [0, 0.05) is 33.9 Å². The summed E-state index contributed by atoms with van der Waals surface area (Å²) in [5.74, 6) is 0.649. The van der Waals surface area contributed by atoms with Crippen LogP contribution in [0.3, 0.4) is 0 Å². The van der Waals surface area contributed by atoms with Gasteiger partial charge in [-0.25, -0.2) is 9.59 Å². The molecule has 3 aromatic rings. The number of nitrogens with one attached hydrogen (secondary N) is 1. The second kappa shape index (κ2) is 8.10. The molecule has 0 fully saturated rings. The number of hydrogen-bond donors (Lipinski definition) is 1. The van der Waals surface area contributed by atoms with Gasteiger partial charge >= 0.3 is 11.7 Å². The van der Waals surface area contributed by atoms with Gasteiger partial charge in [-0.3, -0.25) is 5.32 Å². The van der Waals surface area contributed by atoms with Crippen molar-refractivity contribution in [2.75, 3.05) is 11.9 Å². The minimum absolute atomic E-state index is 0.287. The smallest absolute Gasteiger partial charge is 0.411 e. The first kappa shape index (κ1) is 18.1. The molecular weight excluding hydrogens is 350 g/mol. The molecule has 0 aliphatic rings. The minimum atomic E-state index is -0.541. The van der Waals surface area contributed by atoms with Crippen molar-refractivity contribution in [2.24, 2.45) is 0 Å². The van der Waals surface area contributed by atoms with Crippen LogP contribution in [0, 0.1) is 6.92 Å². The van der Waals surface area contributed by atoms with Crippen molar-refractivity contribution in [3.8, 4) is 0 Å². The molecule has 0 radical (unpaired) electrons. The van der Waals surface area contributed by atoms with Crippen molar-refractivity contribution >= 4 is 34.5 Å². The molecule has 1 N–H and O–H groups in total. The van der Waals surface area contributed by atoms with Gasteiger partial charge in [0.2, 0.25) is 0 Å². The van der Waals surface area contributed by atoms with Crippen molar-refractivity contribution in [3.05, 3.63) is 70.1 Å². The third-order valence-electron chi connectivity index (χ3n) is 3.77. The van der Waals surface area contributed by atoms with Crippen LogP contribution in [0.25, 0.3) is 11.0 Å². The molecule has 5 nitrogen and oxygen atoms in total. The SMILES string of the molecule is CCOC(=O)Nc1ccc2c(CSc3ccc(C)cc3)cc(=O)oc2c1. The number of ether oxygens (including phenoxy) is 1. The standard InChI is InChI=1S/C20H19NO4S/c1-3-24-20(23)21-15-6-9-17-14(10-19(22)25-18(17)11-15)12-26-16-7-4-13(2)5-8-16/h4-11H,3,12H2,1-2H3,(H,21,23). The van der Waals surface area contributed by atoms with Crippen LogP contribution in [-0.2, 0) is 10.5 Å². The van der Waals surface area contributed by atoms with Gasteiger partial charge in [0.05, 0.1) is 6.61 Å². The van der Waals surface area contributed by atoms with Gasteiger partial charge in [0.15, 0.2) is 0 Å². The Hall–Kier alpha value is -2.73. The highest BCUT2D eigenvalue weighted by molar-refractivity contribution is 7.98. The minimum Gasteiger partial charge on any atom is -0.450 e. The second-order valence-electron chi connectivity index (χ2n) is 5.75. The third-order valence-corrected chi connectivity index (χ3v) is 4.83. The van der Waals surface area contributed by atoms with Crippen LogP contribution in [-0.4, -0.2) is 12.7 Å². The topological polar surface area (TPSA) is 68.5 Å². The van der Waals surface area contributed by atoms with Crippen LogP contribution >= 0.6 is 11.8 Å². The largest absolute Gasteiger partial charge is 0.450 e. The van der Waals surface area contributed by atoms with Crippen LogP contribution in [0.15, 0.2) is 62.6 Å². The van der Waals surface area contributed by atoms with Crippen LogP contribution in [0.2, 0.25) is 0 Å². The number of benzene rings is 2. The summed E-state index contributed by atoms with van der Waals surface area (Å²) in [6, 6.07) is 15.0.